The number of aliphatic hydroxyl groups is 1. The van der Waals surface area contributed by atoms with Crippen molar-refractivity contribution < 1.29 is 5.11 Å². The van der Waals surface area contributed by atoms with Gasteiger partial charge < -0.3 is 10.0 Å². The van der Waals surface area contributed by atoms with Crippen molar-refractivity contribution in [2.24, 2.45) is 5.41 Å². The van der Waals surface area contributed by atoms with E-state index in [0.717, 1.165) is 12.6 Å². The summed E-state index contributed by atoms with van der Waals surface area (Å²) in [4.78, 5) is 2.40. The van der Waals surface area contributed by atoms with Crippen molar-refractivity contribution in [3.63, 3.8) is 0 Å². The molecule has 0 aliphatic heterocycles. The van der Waals surface area contributed by atoms with Crippen molar-refractivity contribution in [2.75, 3.05) is 13.6 Å². The molecular formula is C11H23NO. The lowest BCUT2D eigenvalue weighted by Crippen LogP contribution is -2.45. The molecule has 1 aliphatic carbocycles. The molecule has 13 heavy (non-hydrogen) atoms. The Balaban J connectivity index is 2.37. The van der Waals surface area contributed by atoms with Crippen LogP contribution in [-0.4, -0.2) is 35.7 Å². The van der Waals surface area contributed by atoms with E-state index in [0.29, 0.717) is 0 Å². The first-order valence-corrected chi connectivity index (χ1v) is 5.32. The average Bonchev–Trinajstić information content (AvgIpc) is 1.80. The van der Waals surface area contributed by atoms with Crippen LogP contribution >= 0.6 is 0 Å². The highest BCUT2D eigenvalue weighted by atomic mass is 16.3. The van der Waals surface area contributed by atoms with Crippen molar-refractivity contribution in [1.82, 2.24) is 4.90 Å². The van der Waals surface area contributed by atoms with E-state index in [2.05, 4.69) is 25.8 Å². The average molecular weight is 185 g/mol. The molecule has 0 spiro atoms. The molecule has 1 aliphatic rings. The molecule has 0 radical (unpaired) electrons. The predicted molar refractivity (Wildman–Crippen MR) is 55.7 cm³/mol. The van der Waals surface area contributed by atoms with Gasteiger partial charge in [0, 0.05) is 18.0 Å². The molecule has 0 amide bonds. The van der Waals surface area contributed by atoms with Gasteiger partial charge in [-0.3, -0.25) is 0 Å². The zero-order valence-electron chi connectivity index (χ0n) is 9.38. The van der Waals surface area contributed by atoms with Crippen LogP contribution in [0.2, 0.25) is 0 Å². The van der Waals surface area contributed by atoms with Crippen LogP contribution in [0, 0.1) is 5.41 Å². The lowest BCUT2D eigenvalue weighted by atomic mass is 9.84. The molecule has 1 rings (SSSR count). The van der Waals surface area contributed by atoms with E-state index in [9.17, 15) is 5.11 Å². The summed E-state index contributed by atoms with van der Waals surface area (Å²) < 4.78 is 0. The highest BCUT2D eigenvalue weighted by Gasteiger charge is 2.30. The molecule has 1 fully saturated rings. The van der Waals surface area contributed by atoms with Gasteiger partial charge >= 0.3 is 0 Å². The minimum atomic E-state index is -0.227. The molecule has 0 aromatic heterocycles. The molecule has 1 unspecified atom stereocenters. The Bertz CT molecular complexity index is 161. The van der Waals surface area contributed by atoms with Gasteiger partial charge in [-0.05, 0) is 26.8 Å². The number of hydrogen-bond acceptors (Lipinski definition) is 2. The van der Waals surface area contributed by atoms with Crippen molar-refractivity contribution in [3.8, 4) is 0 Å². The van der Waals surface area contributed by atoms with Crippen LogP contribution in [0.15, 0.2) is 0 Å². The Morgan fingerprint density at radius 2 is 2.00 bits per heavy atom. The fourth-order valence-corrected chi connectivity index (χ4v) is 1.73. The number of aliphatic hydroxyl groups excluding tert-OH is 1. The van der Waals surface area contributed by atoms with Crippen molar-refractivity contribution in [3.05, 3.63) is 0 Å². The van der Waals surface area contributed by atoms with Crippen molar-refractivity contribution in [1.29, 1.82) is 0 Å². The van der Waals surface area contributed by atoms with E-state index in [4.69, 9.17) is 0 Å². The summed E-state index contributed by atoms with van der Waals surface area (Å²) in [7, 11) is 2.17. The van der Waals surface area contributed by atoms with Gasteiger partial charge in [-0.1, -0.05) is 20.3 Å². The Morgan fingerprint density at radius 1 is 1.46 bits per heavy atom. The van der Waals surface area contributed by atoms with Crippen LogP contribution in [0.25, 0.3) is 0 Å². The monoisotopic (exact) mass is 185 g/mol. The van der Waals surface area contributed by atoms with Crippen LogP contribution in [0.3, 0.4) is 0 Å². The molecular weight excluding hydrogens is 162 g/mol. The smallest absolute Gasteiger partial charge is 0.0575 e. The standard InChI is InChI=1S/C11H23NO/c1-9(13)11(2,3)8-12(4)10-6-5-7-10/h9-10,13H,5-8H2,1-4H3. The zero-order valence-corrected chi connectivity index (χ0v) is 9.38. The highest BCUT2D eigenvalue weighted by molar-refractivity contribution is 4.84. The third-order valence-corrected chi connectivity index (χ3v) is 3.49. The van der Waals surface area contributed by atoms with Crippen LogP contribution in [0.4, 0.5) is 0 Å². The summed E-state index contributed by atoms with van der Waals surface area (Å²) >= 11 is 0. The first-order chi connectivity index (χ1) is 5.93. The molecule has 0 saturated heterocycles. The molecule has 0 heterocycles. The molecule has 2 nitrogen and oxygen atoms in total. The zero-order chi connectivity index (χ0) is 10.1. The Labute approximate surface area is 81.9 Å². The molecule has 1 atom stereocenters. The normalized spacial score (nSPS) is 21.7. The topological polar surface area (TPSA) is 23.5 Å². The Morgan fingerprint density at radius 3 is 2.31 bits per heavy atom. The molecule has 0 aromatic carbocycles. The molecule has 0 aromatic rings. The lowest BCUT2D eigenvalue weighted by molar-refractivity contribution is 0.0192. The van der Waals surface area contributed by atoms with Crippen LogP contribution < -0.4 is 0 Å². The number of rotatable bonds is 4. The van der Waals surface area contributed by atoms with E-state index in [-0.39, 0.29) is 11.5 Å². The number of nitrogens with zero attached hydrogens (tertiary/aromatic N) is 1. The van der Waals surface area contributed by atoms with Gasteiger partial charge in [0.1, 0.15) is 0 Å². The molecule has 78 valence electrons. The Kier molecular flexibility index (Phi) is 3.36. The van der Waals surface area contributed by atoms with Gasteiger partial charge in [-0.25, -0.2) is 0 Å². The fourth-order valence-electron chi connectivity index (χ4n) is 1.73. The van der Waals surface area contributed by atoms with E-state index in [1.54, 1.807) is 0 Å². The second-order valence-electron chi connectivity index (χ2n) is 5.16. The first kappa shape index (κ1) is 11.0. The molecule has 0 bridgehead atoms. The van der Waals surface area contributed by atoms with Gasteiger partial charge in [0.25, 0.3) is 0 Å². The summed E-state index contributed by atoms with van der Waals surface area (Å²) in [5.41, 5.74) is 0.0182. The maximum absolute atomic E-state index is 9.57. The van der Waals surface area contributed by atoms with Crippen molar-refractivity contribution >= 4 is 0 Å². The summed E-state index contributed by atoms with van der Waals surface area (Å²) in [6, 6.07) is 0.776. The SMILES string of the molecule is CC(O)C(C)(C)CN(C)C1CCC1. The third kappa shape index (κ3) is 2.68. The van der Waals surface area contributed by atoms with Gasteiger partial charge in [-0.2, -0.15) is 0 Å². The molecule has 1 N–H and O–H groups in total. The Hall–Kier alpha value is -0.0800. The summed E-state index contributed by atoms with van der Waals surface area (Å²) in [5.74, 6) is 0. The minimum absolute atomic E-state index is 0.0182. The summed E-state index contributed by atoms with van der Waals surface area (Å²) in [6.07, 6.45) is 3.83. The van der Waals surface area contributed by atoms with Gasteiger partial charge in [0.15, 0.2) is 0 Å². The van der Waals surface area contributed by atoms with Gasteiger partial charge in [0.2, 0.25) is 0 Å². The van der Waals surface area contributed by atoms with Gasteiger partial charge in [0.05, 0.1) is 6.10 Å². The minimum Gasteiger partial charge on any atom is -0.393 e. The van der Waals surface area contributed by atoms with Gasteiger partial charge in [-0.15, -0.1) is 0 Å². The number of hydrogen-bond donors (Lipinski definition) is 1. The first-order valence-electron chi connectivity index (χ1n) is 5.32. The van der Waals surface area contributed by atoms with E-state index in [1.165, 1.54) is 19.3 Å². The second kappa shape index (κ2) is 3.97. The van der Waals surface area contributed by atoms with E-state index >= 15 is 0 Å². The van der Waals surface area contributed by atoms with Crippen LogP contribution in [0.5, 0.6) is 0 Å². The van der Waals surface area contributed by atoms with Crippen molar-refractivity contribution in [2.45, 2.75) is 52.2 Å². The lowest BCUT2D eigenvalue weighted by Gasteiger charge is -2.40. The largest absolute Gasteiger partial charge is 0.393 e. The highest BCUT2D eigenvalue weighted by Crippen LogP contribution is 2.28. The van der Waals surface area contributed by atoms with Crippen LogP contribution in [0.1, 0.15) is 40.0 Å². The predicted octanol–water partition coefficient (Wildman–Crippen LogP) is 1.88. The second-order valence-corrected chi connectivity index (χ2v) is 5.16. The van der Waals surface area contributed by atoms with E-state index in [1.807, 2.05) is 6.92 Å². The summed E-state index contributed by atoms with van der Waals surface area (Å²) in [5, 5.41) is 9.57. The molecule has 1 saturated carbocycles. The maximum atomic E-state index is 9.57. The third-order valence-electron chi connectivity index (χ3n) is 3.49. The van der Waals surface area contributed by atoms with E-state index < -0.39 is 0 Å². The maximum Gasteiger partial charge on any atom is 0.0575 e. The quantitative estimate of drug-likeness (QED) is 0.723. The fraction of sp³-hybridized carbons (Fsp3) is 1.00. The van der Waals surface area contributed by atoms with Crippen LogP contribution in [-0.2, 0) is 0 Å². The molecule has 2 heteroatoms. The summed E-state index contributed by atoms with van der Waals surface area (Å²) in [6.45, 7) is 7.14.